The monoisotopic (exact) mass is 482 g/mol. The number of benzene rings is 2. The summed E-state index contributed by atoms with van der Waals surface area (Å²) in [5.41, 5.74) is 4.02. The Balaban J connectivity index is 1.85. The third kappa shape index (κ3) is 5.73. The second-order valence-corrected chi connectivity index (χ2v) is 10.8. The van der Waals surface area contributed by atoms with E-state index in [1.54, 1.807) is 6.92 Å². The molecular formula is C23H28Cl2N2O3S. The Labute approximate surface area is 194 Å². The van der Waals surface area contributed by atoms with Crippen molar-refractivity contribution in [3.8, 4) is 0 Å². The number of aryl methyl sites for hydroxylation is 2. The molecule has 0 fully saturated rings. The molecule has 0 saturated carbocycles. The van der Waals surface area contributed by atoms with E-state index in [0.29, 0.717) is 16.5 Å². The summed E-state index contributed by atoms with van der Waals surface area (Å²) in [7, 11) is -3.76. The van der Waals surface area contributed by atoms with Crippen LogP contribution in [0.25, 0.3) is 0 Å². The van der Waals surface area contributed by atoms with Gasteiger partial charge in [0.25, 0.3) is 0 Å². The van der Waals surface area contributed by atoms with Crippen molar-refractivity contribution in [2.24, 2.45) is 0 Å². The van der Waals surface area contributed by atoms with Gasteiger partial charge in [-0.05, 0) is 73.9 Å². The van der Waals surface area contributed by atoms with Crippen molar-refractivity contribution in [2.45, 2.75) is 58.0 Å². The number of carbonyl (C=O) groups excluding carboxylic acids is 1. The smallest absolute Gasteiger partial charge is 0.244 e. The van der Waals surface area contributed by atoms with Crippen LogP contribution in [0, 0.1) is 0 Å². The number of carbonyl (C=O) groups is 1. The molecule has 1 N–H and O–H groups in total. The number of hydrogen-bond donors (Lipinski definition) is 1. The molecule has 0 saturated heterocycles. The molecule has 8 heteroatoms. The van der Waals surface area contributed by atoms with E-state index in [1.807, 2.05) is 6.92 Å². The van der Waals surface area contributed by atoms with Gasteiger partial charge in [0.05, 0.1) is 18.0 Å². The van der Waals surface area contributed by atoms with E-state index >= 15 is 0 Å². The lowest BCUT2D eigenvalue weighted by Gasteiger charge is -2.30. The molecule has 31 heavy (non-hydrogen) atoms. The summed E-state index contributed by atoms with van der Waals surface area (Å²) in [6, 6.07) is 9.70. The Morgan fingerprint density at radius 2 is 1.68 bits per heavy atom. The molecule has 2 aromatic rings. The molecule has 1 aliphatic rings. The van der Waals surface area contributed by atoms with Crippen LogP contribution in [0.4, 0.5) is 5.69 Å². The van der Waals surface area contributed by atoms with Gasteiger partial charge in [-0.1, -0.05) is 48.3 Å². The average Bonchev–Trinajstić information content (AvgIpc) is 2.69. The van der Waals surface area contributed by atoms with Gasteiger partial charge in [-0.3, -0.25) is 9.10 Å². The van der Waals surface area contributed by atoms with Crippen LogP contribution in [-0.2, 0) is 27.7 Å². The Bertz CT molecular complexity index is 1050. The predicted molar refractivity (Wildman–Crippen MR) is 128 cm³/mol. The quantitative estimate of drug-likeness (QED) is 0.582. The van der Waals surface area contributed by atoms with E-state index in [-0.39, 0.29) is 17.6 Å². The summed E-state index contributed by atoms with van der Waals surface area (Å²) in [6.45, 7) is 3.56. The fraction of sp³-hybridized carbons (Fsp3) is 0.435. The van der Waals surface area contributed by atoms with Gasteiger partial charge in [-0.15, -0.1) is 0 Å². The third-order valence-corrected chi connectivity index (χ3v) is 7.37. The highest BCUT2D eigenvalue weighted by atomic mass is 35.5. The molecule has 1 amide bonds. The largest absolute Gasteiger partial charge is 0.347 e. The van der Waals surface area contributed by atoms with Crippen molar-refractivity contribution in [2.75, 3.05) is 10.6 Å². The van der Waals surface area contributed by atoms with Crippen molar-refractivity contribution >= 4 is 44.8 Å². The number of rotatable bonds is 7. The first-order chi connectivity index (χ1) is 14.6. The minimum Gasteiger partial charge on any atom is -0.347 e. The van der Waals surface area contributed by atoms with Crippen molar-refractivity contribution in [1.29, 1.82) is 0 Å². The van der Waals surface area contributed by atoms with Crippen molar-refractivity contribution in [1.82, 2.24) is 5.32 Å². The van der Waals surface area contributed by atoms with E-state index in [4.69, 9.17) is 23.2 Å². The number of amides is 1. The molecular weight excluding hydrogens is 455 g/mol. The molecule has 0 bridgehead atoms. The van der Waals surface area contributed by atoms with E-state index in [2.05, 4.69) is 23.5 Å². The molecule has 0 aromatic heterocycles. The first-order valence-corrected chi connectivity index (χ1v) is 13.1. The minimum atomic E-state index is -3.76. The molecule has 0 aliphatic heterocycles. The summed E-state index contributed by atoms with van der Waals surface area (Å²) in [5, 5.41) is 3.62. The lowest BCUT2D eigenvalue weighted by Crippen LogP contribution is -2.48. The molecule has 2 atom stereocenters. The normalized spacial score (nSPS) is 15.6. The van der Waals surface area contributed by atoms with Crippen LogP contribution in [0.1, 0.15) is 55.8 Å². The summed E-state index contributed by atoms with van der Waals surface area (Å²) in [6.07, 6.45) is 6.31. The fourth-order valence-electron chi connectivity index (χ4n) is 4.16. The highest BCUT2D eigenvalue weighted by molar-refractivity contribution is 7.92. The Kier molecular flexibility index (Phi) is 7.55. The molecule has 168 valence electrons. The first-order valence-electron chi connectivity index (χ1n) is 10.5. The van der Waals surface area contributed by atoms with Gasteiger partial charge in [0.1, 0.15) is 6.04 Å². The summed E-state index contributed by atoms with van der Waals surface area (Å²) >= 11 is 12.1. The van der Waals surface area contributed by atoms with E-state index < -0.39 is 16.1 Å². The van der Waals surface area contributed by atoms with Gasteiger partial charge >= 0.3 is 0 Å². The zero-order valence-electron chi connectivity index (χ0n) is 18.0. The van der Waals surface area contributed by atoms with E-state index in [1.165, 1.54) is 42.2 Å². The number of anilines is 1. The lowest BCUT2D eigenvalue weighted by molar-refractivity contribution is -0.122. The predicted octanol–water partition coefficient (Wildman–Crippen LogP) is 5.29. The van der Waals surface area contributed by atoms with Gasteiger partial charge in [-0.25, -0.2) is 8.42 Å². The zero-order chi connectivity index (χ0) is 22.8. The lowest BCUT2D eigenvalue weighted by atomic mass is 9.88. The minimum absolute atomic E-state index is 0.202. The topological polar surface area (TPSA) is 66.5 Å². The molecule has 0 spiro atoms. The maximum Gasteiger partial charge on any atom is 0.244 e. The number of fused-ring (bicyclic) bond motifs is 1. The van der Waals surface area contributed by atoms with Gasteiger partial charge in [0, 0.05) is 10.0 Å². The highest BCUT2D eigenvalue weighted by Crippen LogP contribution is 2.30. The highest BCUT2D eigenvalue weighted by Gasteiger charge is 2.31. The van der Waals surface area contributed by atoms with Crippen molar-refractivity contribution in [3.63, 3.8) is 0 Å². The van der Waals surface area contributed by atoms with E-state index in [9.17, 15) is 13.2 Å². The molecule has 5 nitrogen and oxygen atoms in total. The Morgan fingerprint density at radius 3 is 2.26 bits per heavy atom. The second kappa shape index (κ2) is 9.80. The van der Waals surface area contributed by atoms with Crippen molar-refractivity contribution in [3.05, 3.63) is 63.1 Å². The number of nitrogens with one attached hydrogen (secondary N) is 1. The Hall–Kier alpha value is -1.76. The molecule has 2 aromatic carbocycles. The maximum absolute atomic E-state index is 13.1. The summed E-state index contributed by atoms with van der Waals surface area (Å²) < 4.78 is 26.1. The molecule has 0 heterocycles. The zero-order valence-corrected chi connectivity index (χ0v) is 20.3. The standard InChI is InChI=1S/C23H28Cl2N2O3S/c1-4-22(18-10-9-16-7-5-6-8-17(16)11-18)26-23(28)15(2)27(31(3,29)30)21-13-19(24)12-20(25)14-21/h9-15,22H,4-8H2,1-3H3,(H,26,28)/t15-,22-/m0/s1. The van der Waals surface area contributed by atoms with Gasteiger partial charge < -0.3 is 5.32 Å². The van der Waals surface area contributed by atoms with Gasteiger partial charge in [0.2, 0.25) is 15.9 Å². The fourth-order valence-corrected chi connectivity index (χ4v) is 5.83. The number of hydrogen-bond acceptors (Lipinski definition) is 3. The van der Waals surface area contributed by atoms with Crippen LogP contribution >= 0.6 is 23.2 Å². The summed E-state index contributed by atoms with van der Waals surface area (Å²) in [5.74, 6) is -0.383. The maximum atomic E-state index is 13.1. The first kappa shape index (κ1) is 23.9. The van der Waals surface area contributed by atoms with Crippen LogP contribution in [0.15, 0.2) is 36.4 Å². The van der Waals surface area contributed by atoms with Gasteiger partial charge in [-0.2, -0.15) is 0 Å². The second-order valence-electron chi connectivity index (χ2n) is 8.07. The molecule has 0 radical (unpaired) electrons. The number of sulfonamides is 1. The van der Waals surface area contributed by atoms with Gasteiger partial charge in [0.15, 0.2) is 0 Å². The van der Waals surface area contributed by atoms with Crippen LogP contribution in [0.2, 0.25) is 10.0 Å². The van der Waals surface area contributed by atoms with Crippen LogP contribution in [-0.4, -0.2) is 26.6 Å². The number of nitrogens with zero attached hydrogens (tertiary/aromatic N) is 1. The molecule has 0 unspecified atom stereocenters. The third-order valence-electron chi connectivity index (χ3n) is 5.69. The number of halogens is 2. The van der Waals surface area contributed by atoms with Crippen molar-refractivity contribution < 1.29 is 13.2 Å². The van der Waals surface area contributed by atoms with Crippen LogP contribution in [0.3, 0.4) is 0 Å². The SMILES string of the molecule is CC[C@H](NC(=O)[C@H](C)N(c1cc(Cl)cc(Cl)c1)S(C)(=O)=O)c1ccc2c(c1)CCCC2. The Morgan fingerprint density at radius 1 is 1.06 bits per heavy atom. The van der Waals surface area contributed by atoms with Crippen LogP contribution < -0.4 is 9.62 Å². The van der Waals surface area contributed by atoms with Crippen LogP contribution in [0.5, 0.6) is 0 Å². The average molecular weight is 483 g/mol. The molecule has 1 aliphatic carbocycles. The molecule has 3 rings (SSSR count). The van der Waals surface area contributed by atoms with E-state index in [0.717, 1.165) is 29.0 Å². The summed E-state index contributed by atoms with van der Waals surface area (Å²) in [4.78, 5) is 13.1.